The largest absolute Gasteiger partial charge is 0.495 e. The molecule has 0 unspecified atom stereocenters. The third-order valence-electron chi connectivity index (χ3n) is 7.79. The van der Waals surface area contributed by atoms with Crippen molar-refractivity contribution in [3.63, 3.8) is 0 Å². The molecule has 3 aromatic heterocycles. The molecule has 0 N–H and O–H groups in total. The number of rotatable bonds is 8. The van der Waals surface area contributed by atoms with Crippen molar-refractivity contribution in [3.8, 4) is 28.3 Å². The molecule has 0 bridgehead atoms. The predicted octanol–water partition coefficient (Wildman–Crippen LogP) is 7.72. The summed E-state index contributed by atoms with van der Waals surface area (Å²) in [5, 5.41) is 4.17. The van der Waals surface area contributed by atoms with Crippen LogP contribution in [0.1, 0.15) is 68.7 Å². The molecule has 0 aliphatic carbocycles. The molecule has 0 fully saturated rings. The van der Waals surface area contributed by atoms with Crippen molar-refractivity contribution < 1.29 is 33.3 Å². The Hall–Kier alpha value is -5.95. The maximum Gasteiger partial charge on any atom is 0.435 e. The van der Waals surface area contributed by atoms with Gasteiger partial charge in [0, 0.05) is 41.1 Å². The Labute approximate surface area is 301 Å². The van der Waals surface area contributed by atoms with Crippen LogP contribution in [0.15, 0.2) is 79.4 Å². The molecule has 1 amide bonds. The van der Waals surface area contributed by atoms with E-state index < -0.39 is 23.4 Å². The lowest BCUT2D eigenvalue weighted by Gasteiger charge is -2.28. The monoisotopic (exact) mass is 704 g/mol. The molecule has 6 rings (SSSR count). The molecule has 13 heteroatoms. The van der Waals surface area contributed by atoms with E-state index in [1.807, 2.05) is 36.4 Å². The maximum absolute atomic E-state index is 14.0. The van der Waals surface area contributed by atoms with Crippen LogP contribution in [0.2, 0.25) is 0 Å². The number of nitrogens with zero attached hydrogens (tertiary/aromatic N) is 6. The average Bonchev–Trinajstić information content (AvgIpc) is 3.78. The number of benzene rings is 2. The zero-order chi connectivity index (χ0) is 37.2. The van der Waals surface area contributed by atoms with E-state index in [2.05, 4.69) is 10.1 Å². The number of Topliss-reactive ketones (excluding diaryl/α,β-unsaturated/α-hetero) is 1. The third kappa shape index (κ3) is 8.32. The van der Waals surface area contributed by atoms with Gasteiger partial charge in [-0.1, -0.05) is 30.3 Å². The Kier molecular flexibility index (Phi) is 9.90. The van der Waals surface area contributed by atoms with Crippen molar-refractivity contribution in [1.29, 1.82) is 0 Å². The molecule has 2 aromatic carbocycles. The summed E-state index contributed by atoms with van der Waals surface area (Å²) in [5.41, 5.74) is 3.61. The molecular weight excluding hydrogens is 664 g/mol. The van der Waals surface area contributed by atoms with Crippen LogP contribution >= 0.6 is 0 Å². The summed E-state index contributed by atoms with van der Waals surface area (Å²) in [6, 6.07) is 16.2. The first-order chi connectivity index (χ1) is 24.7. The highest BCUT2D eigenvalue weighted by Crippen LogP contribution is 2.36. The quantitative estimate of drug-likeness (QED) is 0.146. The van der Waals surface area contributed by atoms with Gasteiger partial charge in [0.15, 0.2) is 17.4 Å². The first-order valence-electron chi connectivity index (χ1n) is 16.7. The number of methoxy groups -OCH3 is 1. The van der Waals surface area contributed by atoms with E-state index in [1.165, 1.54) is 18.2 Å². The first-order valence-corrected chi connectivity index (χ1v) is 16.7. The Morgan fingerprint density at radius 3 is 2.31 bits per heavy atom. The molecule has 52 heavy (non-hydrogen) atoms. The highest BCUT2D eigenvalue weighted by Gasteiger charge is 2.32. The Bertz CT molecular complexity index is 2130. The minimum Gasteiger partial charge on any atom is -0.495 e. The van der Waals surface area contributed by atoms with Gasteiger partial charge in [0.25, 0.3) is 0 Å². The van der Waals surface area contributed by atoms with E-state index >= 15 is 0 Å². The number of fused-ring (bicyclic) bond motifs is 1. The number of carbonyl (C=O) groups excluding carboxylic acids is 3. The predicted molar refractivity (Wildman–Crippen MR) is 192 cm³/mol. The summed E-state index contributed by atoms with van der Waals surface area (Å²) < 4.78 is 23.5. The lowest BCUT2D eigenvalue weighted by Crippen LogP contribution is -2.35. The molecule has 0 spiro atoms. The van der Waals surface area contributed by atoms with Crippen molar-refractivity contribution in [1.82, 2.24) is 24.7 Å². The van der Waals surface area contributed by atoms with Crippen LogP contribution in [0.4, 0.5) is 21.1 Å². The zero-order valence-corrected chi connectivity index (χ0v) is 30.2. The highest BCUT2D eigenvalue weighted by atomic mass is 16.6. The molecule has 268 valence electrons. The molecule has 1 aliphatic rings. The molecule has 5 aromatic rings. The van der Waals surface area contributed by atoms with E-state index in [0.717, 1.165) is 15.8 Å². The standard InChI is InChI=1S/C39H40N6O7/c1-38(2,3)51-36(47)44-21-28(19-41-44)25-11-13-29(14-12-25)45(37(48)52-39(4,5)6)35-31-22-50-23-32(31)42-34(43-35)26-10-8-9-24(15-26)16-33(46)27-17-30(49-7)20-40-18-27/h8-15,17-21H,16,22-23H2,1-7H3. The van der Waals surface area contributed by atoms with E-state index in [9.17, 15) is 14.4 Å². The fourth-order valence-corrected chi connectivity index (χ4v) is 5.44. The van der Waals surface area contributed by atoms with Crippen LogP contribution in [0.5, 0.6) is 5.75 Å². The van der Waals surface area contributed by atoms with Gasteiger partial charge in [0.1, 0.15) is 17.0 Å². The van der Waals surface area contributed by atoms with Crippen LogP contribution in [-0.4, -0.2) is 61.0 Å². The van der Waals surface area contributed by atoms with Crippen molar-refractivity contribution in [2.45, 2.75) is 72.4 Å². The minimum absolute atomic E-state index is 0.121. The summed E-state index contributed by atoms with van der Waals surface area (Å²) in [7, 11) is 1.52. The fourth-order valence-electron chi connectivity index (χ4n) is 5.44. The molecule has 4 heterocycles. The van der Waals surface area contributed by atoms with Crippen LogP contribution in [-0.2, 0) is 33.8 Å². The number of ether oxygens (including phenoxy) is 4. The summed E-state index contributed by atoms with van der Waals surface area (Å²) in [6.07, 6.45) is 5.11. The number of ketones is 1. The van der Waals surface area contributed by atoms with Gasteiger partial charge in [0.05, 0.1) is 44.1 Å². The van der Waals surface area contributed by atoms with Crippen molar-refractivity contribution in [2.24, 2.45) is 0 Å². The van der Waals surface area contributed by atoms with Crippen LogP contribution in [0.25, 0.3) is 22.5 Å². The lowest BCUT2D eigenvalue weighted by molar-refractivity contribution is 0.0513. The summed E-state index contributed by atoms with van der Waals surface area (Å²) in [5.74, 6) is 1.06. The number of anilines is 2. The van der Waals surface area contributed by atoms with Gasteiger partial charge in [0.2, 0.25) is 0 Å². The normalized spacial score (nSPS) is 12.6. The molecule has 13 nitrogen and oxygen atoms in total. The van der Waals surface area contributed by atoms with E-state index in [0.29, 0.717) is 51.0 Å². The van der Waals surface area contributed by atoms with Gasteiger partial charge < -0.3 is 18.9 Å². The van der Waals surface area contributed by atoms with Gasteiger partial charge in [-0.3, -0.25) is 9.78 Å². The molecule has 0 radical (unpaired) electrons. The number of aromatic nitrogens is 5. The van der Waals surface area contributed by atoms with Crippen LogP contribution < -0.4 is 9.64 Å². The fraction of sp³-hybridized carbons (Fsp3) is 0.308. The highest BCUT2D eigenvalue weighted by molar-refractivity contribution is 5.98. The number of pyridine rings is 1. The minimum atomic E-state index is -0.805. The molecule has 0 saturated heterocycles. The van der Waals surface area contributed by atoms with Crippen molar-refractivity contribution in [2.75, 3.05) is 12.0 Å². The molecule has 1 aliphatic heterocycles. The SMILES string of the molecule is COc1cncc(C(=O)Cc2cccc(-c3nc4c(c(N(C(=O)OC(C)(C)C)c5ccc(-c6cnn(C(=O)OC(C)(C)C)c6)cc5)n3)COC4)c2)c1. The number of hydrogen-bond donors (Lipinski definition) is 0. The smallest absolute Gasteiger partial charge is 0.435 e. The first kappa shape index (κ1) is 35.9. The van der Waals surface area contributed by atoms with Gasteiger partial charge >= 0.3 is 12.2 Å². The van der Waals surface area contributed by atoms with Crippen LogP contribution in [0.3, 0.4) is 0 Å². The maximum atomic E-state index is 14.0. The molecule has 0 saturated carbocycles. The summed E-state index contributed by atoms with van der Waals surface area (Å²) in [6.45, 7) is 11.2. The van der Waals surface area contributed by atoms with Crippen LogP contribution in [0, 0.1) is 0 Å². The summed E-state index contributed by atoms with van der Waals surface area (Å²) >= 11 is 0. The Morgan fingerprint density at radius 1 is 0.846 bits per heavy atom. The van der Waals surface area contributed by atoms with E-state index in [4.69, 9.17) is 28.9 Å². The molecule has 0 atom stereocenters. The van der Waals surface area contributed by atoms with Gasteiger partial charge in [-0.25, -0.2) is 24.5 Å². The number of amides is 1. The second-order valence-corrected chi connectivity index (χ2v) is 14.2. The molecular formula is C39H40N6O7. The van der Waals surface area contributed by atoms with Gasteiger partial charge in [-0.2, -0.15) is 9.78 Å². The van der Waals surface area contributed by atoms with Crippen molar-refractivity contribution in [3.05, 3.63) is 102 Å². The Morgan fingerprint density at radius 2 is 1.60 bits per heavy atom. The third-order valence-corrected chi connectivity index (χ3v) is 7.79. The second-order valence-electron chi connectivity index (χ2n) is 14.2. The van der Waals surface area contributed by atoms with E-state index in [-0.39, 0.29) is 25.4 Å². The van der Waals surface area contributed by atoms with Gasteiger partial charge in [-0.15, -0.1) is 0 Å². The lowest BCUT2D eigenvalue weighted by atomic mass is 10.0. The Balaban J connectivity index is 1.35. The number of carbonyl (C=O) groups is 3. The topological polar surface area (TPSA) is 148 Å². The second kappa shape index (κ2) is 14.3. The zero-order valence-electron chi connectivity index (χ0n) is 30.2. The van der Waals surface area contributed by atoms with Crippen molar-refractivity contribution >= 4 is 29.5 Å². The van der Waals surface area contributed by atoms with Gasteiger partial charge in [-0.05, 0) is 76.9 Å². The average molecular weight is 705 g/mol. The van der Waals surface area contributed by atoms with E-state index in [1.54, 1.807) is 78.3 Å². The summed E-state index contributed by atoms with van der Waals surface area (Å²) in [4.78, 5) is 54.9. The number of hydrogen-bond acceptors (Lipinski definition) is 11.